The van der Waals surface area contributed by atoms with Gasteiger partial charge in [0.15, 0.2) is 0 Å². The smallest absolute Gasteiger partial charge is 0.326 e. The van der Waals surface area contributed by atoms with E-state index < -0.39 is 12.0 Å². The van der Waals surface area contributed by atoms with Crippen molar-refractivity contribution in [3.05, 3.63) is 95.1 Å². The number of carboxylic acid groups (broad SMARTS) is 1. The fourth-order valence-corrected chi connectivity index (χ4v) is 6.43. The average molecular weight is 593 g/mol. The van der Waals surface area contributed by atoms with E-state index >= 15 is 0 Å². The summed E-state index contributed by atoms with van der Waals surface area (Å²) in [5, 5.41) is 12.5. The van der Waals surface area contributed by atoms with Crippen LogP contribution >= 0.6 is 23.5 Å². The maximum absolute atomic E-state index is 13.5. The van der Waals surface area contributed by atoms with E-state index in [1.807, 2.05) is 61.3 Å². The quantitative estimate of drug-likeness (QED) is 0.184. The van der Waals surface area contributed by atoms with Crippen molar-refractivity contribution >= 4 is 35.4 Å². The topological polar surface area (TPSA) is 69.6 Å². The van der Waals surface area contributed by atoms with Crippen LogP contribution in [0.25, 0.3) is 11.1 Å². The predicted molar refractivity (Wildman–Crippen MR) is 176 cm³/mol. The lowest BCUT2D eigenvalue weighted by Gasteiger charge is -2.36. The summed E-state index contributed by atoms with van der Waals surface area (Å²) in [7, 11) is 0. The van der Waals surface area contributed by atoms with Crippen molar-refractivity contribution in [1.29, 1.82) is 0 Å². The molecule has 41 heavy (non-hydrogen) atoms. The molecule has 2 unspecified atom stereocenters. The van der Waals surface area contributed by atoms with E-state index in [1.165, 1.54) is 5.56 Å². The van der Waals surface area contributed by atoms with Crippen LogP contribution in [0.15, 0.2) is 72.8 Å². The molecule has 3 atom stereocenters. The minimum Gasteiger partial charge on any atom is -0.480 e. The highest BCUT2D eigenvalue weighted by Crippen LogP contribution is 2.30. The third-order valence-electron chi connectivity index (χ3n) is 7.57. The number of aryl methyl sites for hydroxylation is 1. The van der Waals surface area contributed by atoms with Gasteiger partial charge in [-0.3, -0.25) is 9.69 Å². The fourth-order valence-electron chi connectivity index (χ4n) is 5.29. The summed E-state index contributed by atoms with van der Waals surface area (Å²) in [6.07, 6.45) is 6.48. The van der Waals surface area contributed by atoms with Crippen LogP contribution < -0.4 is 5.32 Å². The second kappa shape index (κ2) is 16.6. The van der Waals surface area contributed by atoms with Crippen LogP contribution in [0.1, 0.15) is 53.7 Å². The van der Waals surface area contributed by atoms with E-state index in [0.29, 0.717) is 29.8 Å². The molecule has 7 heteroatoms. The molecule has 0 fully saturated rings. The number of nitrogens with zero attached hydrogens (tertiary/aromatic N) is 1. The number of amides is 1. The Bertz CT molecular complexity index is 1270. The molecule has 0 spiro atoms. The van der Waals surface area contributed by atoms with Gasteiger partial charge in [-0.1, -0.05) is 67.6 Å². The molecular formula is C34H44N2O3S2. The van der Waals surface area contributed by atoms with Gasteiger partial charge in [0.1, 0.15) is 6.04 Å². The molecular weight excluding hydrogens is 549 g/mol. The largest absolute Gasteiger partial charge is 0.480 e. The maximum atomic E-state index is 13.5. The Morgan fingerprint density at radius 3 is 2.27 bits per heavy atom. The first-order valence-corrected chi connectivity index (χ1v) is 17.1. The Kier molecular flexibility index (Phi) is 13.3. The Morgan fingerprint density at radius 2 is 1.63 bits per heavy atom. The number of rotatable bonds is 16. The van der Waals surface area contributed by atoms with Crippen LogP contribution in [0.5, 0.6) is 0 Å². The molecule has 2 N–H and O–H groups in total. The minimum absolute atomic E-state index is 0.355. The Hall–Kier alpha value is -2.74. The van der Waals surface area contributed by atoms with Crippen molar-refractivity contribution in [3.8, 4) is 11.1 Å². The molecule has 0 saturated carbocycles. The predicted octanol–water partition coefficient (Wildman–Crippen LogP) is 7.17. The summed E-state index contributed by atoms with van der Waals surface area (Å²) in [5.74, 6) is 0.325. The van der Waals surface area contributed by atoms with Gasteiger partial charge in [-0.15, -0.1) is 0 Å². The van der Waals surface area contributed by atoms with E-state index in [2.05, 4.69) is 66.7 Å². The van der Waals surface area contributed by atoms with Gasteiger partial charge >= 0.3 is 5.97 Å². The number of carbonyl (C=O) groups excluding carboxylic acids is 1. The molecule has 0 aliphatic carbocycles. The van der Waals surface area contributed by atoms with Gasteiger partial charge in [-0.05, 0) is 91.3 Å². The van der Waals surface area contributed by atoms with E-state index in [0.717, 1.165) is 47.4 Å². The monoisotopic (exact) mass is 592 g/mol. The molecule has 0 aliphatic rings. The molecule has 0 heterocycles. The van der Waals surface area contributed by atoms with Gasteiger partial charge < -0.3 is 10.4 Å². The van der Waals surface area contributed by atoms with Crippen molar-refractivity contribution in [3.63, 3.8) is 0 Å². The summed E-state index contributed by atoms with van der Waals surface area (Å²) < 4.78 is 0. The van der Waals surface area contributed by atoms with Crippen LogP contribution in [0.4, 0.5) is 0 Å². The molecule has 3 rings (SSSR count). The minimum atomic E-state index is -1.01. The summed E-state index contributed by atoms with van der Waals surface area (Å²) in [6, 6.07) is 24.6. The summed E-state index contributed by atoms with van der Waals surface area (Å²) in [4.78, 5) is 28.0. The number of aliphatic carboxylic acids is 1. The lowest BCUT2D eigenvalue weighted by atomic mass is 9.93. The Labute approximate surface area is 254 Å². The van der Waals surface area contributed by atoms with Crippen molar-refractivity contribution in [2.24, 2.45) is 0 Å². The fraction of sp³-hybridized carbons (Fsp3) is 0.412. The van der Waals surface area contributed by atoms with Gasteiger partial charge in [0.2, 0.25) is 0 Å². The van der Waals surface area contributed by atoms with Crippen LogP contribution in [0.2, 0.25) is 0 Å². The lowest BCUT2D eigenvalue weighted by molar-refractivity contribution is -0.139. The standard InChI is InChI=1S/C34H44N2O3S2/c1-6-28(20-26-13-8-7-9-14-26)36(25(3)23-41-5)22-27-16-17-30(31(21-27)29-15-11-10-12-24(29)2)33(37)35-32(34(38)39)18-19-40-4/h7-17,21,25,28,32H,6,18-20,22-23H2,1-5H3,(H,35,37)(H,38,39)/t25-,28?,32?/m1/s1. The second-order valence-electron chi connectivity index (χ2n) is 10.6. The van der Waals surface area contributed by atoms with Crippen molar-refractivity contribution < 1.29 is 14.7 Å². The van der Waals surface area contributed by atoms with Crippen LogP contribution in [-0.2, 0) is 17.8 Å². The van der Waals surface area contributed by atoms with E-state index in [9.17, 15) is 14.7 Å². The van der Waals surface area contributed by atoms with Crippen molar-refractivity contribution in [2.45, 2.75) is 64.7 Å². The summed E-state index contributed by atoms with van der Waals surface area (Å²) in [6.45, 7) is 7.37. The first kappa shape index (κ1) is 32.8. The first-order valence-electron chi connectivity index (χ1n) is 14.3. The first-order chi connectivity index (χ1) is 19.8. The van der Waals surface area contributed by atoms with Gasteiger partial charge in [0.05, 0.1) is 0 Å². The van der Waals surface area contributed by atoms with Crippen LogP contribution in [-0.4, -0.2) is 64.0 Å². The van der Waals surface area contributed by atoms with E-state index in [4.69, 9.17) is 0 Å². The van der Waals surface area contributed by atoms with Crippen LogP contribution in [0, 0.1) is 6.92 Å². The van der Waals surface area contributed by atoms with Crippen molar-refractivity contribution in [2.75, 3.05) is 24.0 Å². The van der Waals surface area contributed by atoms with E-state index in [1.54, 1.807) is 11.8 Å². The molecule has 0 saturated heterocycles. The number of hydrogen-bond donors (Lipinski definition) is 2. The SMILES string of the molecule is CCC(Cc1ccccc1)N(Cc1ccc(C(=O)NC(CCSC)C(=O)O)c(-c2ccccc2C)c1)[C@H](C)CSC. The number of nitrogens with one attached hydrogen (secondary N) is 1. The van der Waals surface area contributed by atoms with Crippen molar-refractivity contribution in [1.82, 2.24) is 10.2 Å². The number of carboxylic acids is 1. The molecule has 0 aliphatic heterocycles. The number of benzene rings is 3. The molecule has 3 aromatic rings. The van der Waals surface area contributed by atoms with Gasteiger partial charge in [-0.2, -0.15) is 23.5 Å². The van der Waals surface area contributed by atoms with Gasteiger partial charge in [0, 0.05) is 29.9 Å². The lowest BCUT2D eigenvalue weighted by Crippen LogP contribution is -2.43. The molecule has 5 nitrogen and oxygen atoms in total. The molecule has 0 bridgehead atoms. The molecule has 0 radical (unpaired) electrons. The molecule has 1 amide bonds. The number of carbonyl (C=O) groups is 2. The Morgan fingerprint density at radius 1 is 0.927 bits per heavy atom. The molecule has 3 aromatic carbocycles. The highest BCUT2D eigenvalue weighted by molar-refractivity contribution is 7.98. The van der Waals surface area contributed by atoms with Gasteiger partial charge in [0.25, 0.3) is 5.91 Å². The number of hydrogen-bond acceptors (Lipinski definition) is 5. The van der Waals surface area contributed by atoms with Gasteiger partial charge in [-0.25, -0.2) is 4.79 Å². The Balaban J connectivity index is 2.00. The normalized spacial score (nSPS) is 13.5. The zero-order valence-electron chi connectivity index (χ0n) is 24.9. The zero-order chi connectivity index (χ0) is 29.8. The summed E-state index contributed by atoms with van der Waals surface area (Å²) in [5.41, 5.74) is 5.85. The summed E-state index contributed by atoms with van der Waals surface area (Å²) >= 11 is 3.43. The van der Waals surface area contributed by atoms with Crippen LogP contribution in [0.3, 0.4) is 0 Å². The third-order valence-corrected chi connectivity index (χ3v) is 9.03. The molecule has 220 valence electrons. The second-order valence-corrected chi connectivity index (χ2v) is 12.5. The highest BCUT2D eigenvalue weighted by Gasteiger charge is 2.25. The van der Waals surface area contributed by atoms with E-state index in [-0.39, 0.29) is 5.91 Å². The third kappa shape index (κ3) is 9.38. The zero-order valence-corrected chi connectivity index (χ0v) is 26.6. The maximum Gasteiger partial charge on any atom is 0.326 e. The number of thioether (sulfide) groups is 2. The molecule has 0 aromatic heterocycles. The average Bonchev–Trinajstić information content (AvgIpc) is 2.97. The highest BCUT2D eigenvalue weighted by atomic mass is 32.2.